The minimum absolute atomic E-state index is 0.0991. The summed E-state index contributed by atoms with van der Waals surface area (Å²) < 4.78 is 4.83. The van der Waals surface area contributed by atoms with Gasteiger partial charge in [-0.05, 0) is 37.3 Å². The summed E-state index contributed by atoms with van der Waals surface area (Å²) in [5.41, 5.74) is 1.64. The van der Waals surface area contributed by atoms with E-state index in [1.807, 2.05) is 31.4 Å². The Morgan fingerprint density at radius 2 is 2.26 bits per heavy atom. The molecule has 0 aliphatic heterocycles. The van der Waals surface area contributed by atoms with Crippen LogP contribution < -0.4 is 5.32 Å². The van der Waals surface area contributed by atoms with E-state index in [-0.39, 0.29) is 12.5 Å². The first-order valence-electron chi connectivity index (χ1n) is 6.18. The maximum absolute atomic E-state index is 12.0. The van der Waals surface area contributed by atoms with Crippen molar-refractivity contribution in [2.75, 3.05) is 26.5 Å². The molecule has 1 aromatic carbocycles. The molecule has 2 N–H and O–H groups in total. The summed E-state index contributed by atoms with van der Waals surface area (Å²) in [6.45, 7) is 2.64. The van der Waals surface area contributed by atoms with Crippen molar-refractivity contribution in [3.05, 3.63) is 29.3 Å². The Hall–Kier alpha value is -1.04. The Labute approximate surface area is 118 Å². The summed E-state index contributed by atoms with van der Waals surface area (Å²) in [5, 5.41) is 12.3. The highest BCUT2D eigenvalue weighted by molar-refractivity contribution is 7.98. The molecule has 0 aliphatic rings. The van der Waals surface area contributed by atoms with Crippen molar-refractivity contribution < 1.29 is 14.6 Å². The van der Waals surface area contributed by atoms with Gasteiger partial charge in [-0.2, -0.15) is 0 Å². The maximum atomic E-state index is 12.0. The van der Waals surface area contributed by atoms with E-state index in [1.165, 1.54) is 0 Å². The summed E-state index contributed by atoms with van der Waals surface area (Å²) in [7, 11) is 1.54. The topological polar surface area (TPSA) is 58.6 Å². The molecular formula is C14H21NO3S. The van der Waals surface area contributed by atoms with Crippen molar-refractivity contribution in [3.8, 4) is 0 Å². The third-order valence-electron chi connectivity index (χ3n) is 2.81. The van der Waals surface area contributed by atoms with Gasteiger partial charge in [-0.25, -0.2) is 0 Å². The van der Waals surface area contributed by atoms with Gasteiger partial charge < -0.3 is 15.2 Å². The minimum Gasteiger partial charge on any atom is -0.391 e. The Morgan fingerprint density at radius 1 is 1.53 bits per heavy atom. The highest BCUT2D eigenvalue weighted by atomic mass is 32.2. The predicted molar refractivity (Wildman–Crippen MR) is 77.8 cm³/mol. The van der Waals surface area contributed by atoms with Gasteiger partial charge in [0.25, 0.3) is 5.91 Å². The molecule has 0 aromatic heterocycles. The number of thioether (sulfide) groups is 1. The fourth-order valence-electron chi connectivity index (χ4n) is 1.70. The molecule has 1 aromatic rings. The third kappa shape index (κ3) is 5.22. The summed E-state index contributed by atoms with van der Waals surface area (Å²) in [4.78, 5) is 13.1. The van der Waals surface area contributed by atoms with Crippen molar-refractivity contribution in [2.24, 2.45) is 0 Å². The minimum atomic E-state index is -0.538. The van der Waals surface area contributed by atoms with Crippen molar-refractivity contribution in [1.82, 2.24) is 5.32 Å². The number of benzene rings is 1. The van der Waals surface area contributed by atoms with Crippen LogP contribution in [0.1, 0.15) is 22.3 Å². The van der Waals surface area contributed by atoms with Crippen LogP contribution in [0.3, 0.4) is 0 Å². The van der Waals surface area contributed by atoms with Crippen LogP contribution >= 0.6 is 11.8 Å². The van der Waals surface area contributed by atoms with E-state index >= 15 is 0 Å². The van der Waals surface area contributed by atoms with Gasteiger partial charge in [-0.3, -0.25) is 4.79 Å². The van der Waals surface area contributed by atoms with Crippen molar-refractivity contribution >= 4 is 17.7 Å². The average molecular weight is 283 g/mol. The van der Waals surface area contributed by atoms with Crippen LogP contribution in [-0.2, 0) is 4.74 Å². The van der Waals surface area contributed by atoms with Crippen molar-refractivity contribution in [3.63, 3.8) is 0 Å². The Kier molecular flexibility index (Phi) is 6.91. The zero-order valence-corrected chi connectivity index (χ0v) is 12.4. The molecule has 0 spiro atoms. The first-order valence-corrected chi connectivity index (χ1v) is 7.40. The lowest BCUT2D eigenvalue weighted by Gasteiger charge is -2.11. The van der Waals surface area contributed by atoms with E-state index in [9.17, 15) is 9.90 Å². The number of hydrogen-bond donors (Lipinski definition) is 2. The lowest BCUT2D eigenvalue weighted by Crippen LogP contribution is -2.29. The van der Waals surface area contributed by atoms with Crippen LogP contribution in [0.25, 0.3) is 0 Å². The average Bonchev–Trinajstić information content (AvgIpc) is 2.39. The van der Waals surface area contributed by atoms with E-state index in [4.69, 9.17) is 4.74 Å². The standard InChI is InChI=1S/C14H21NO3S/c1-10-4-5-12(19-3)8-13(10)14(17)15-7-6-11(16)9-18-2/h4-5,8,11,16H,6-7,9H2,1-3H3,(H,15,17). The molecule has 106 valence electrons. The molecule has 0 bridgehead atoms. The molecule has 0 radical (unpaired) electrons. The number of ether oxygens (including phenoxy) is 1. The summed E-state index contributed by atoms with van der Waals surface area (Å²) in [5.74, 6) is -0.0991. The summed E-state index contributed by atoms with van der Waals surface area (Å²) >= 11 is 1.61. The number of nitrogens with one attached hydrogen (secondary N) is 1. The number of amides is 1. The van der Waals surface area contributed by atoms with Crippen LogP contribution in [-0.4, -0.2) is 43.6 Å². The number of hydrogen-bond acceptors (Lipinski definition) is 4. The van der Waals surface area contributed by atoms with Gasteiger partial charge in [0, 0.05) is 24.1 Å². The number of aryl methyl sites for hydroxylation is 1. The van der Waals surface area contributed by atoms with Crippen molar-refractivity contribution in [2.45, 2.75) is 24.3 Å². The zero-order valence-electron chi connectivity index (χ0n) is 11.6. The largest absolute Gasteiger partial charge is 0.391 e. The smallest absolute Gasteiger partial charge is 0.251 e. The van der Waals surface area contributed by atoms with E-state index < -0.39 is 6.10 Å². The van der Waals surface area contributed by atoms with Crippen molar-refractivity contribution in [1.29, 1.82) is 0 Å². The summed E-state index contributed by atoms with van der Waals surface area (Å²) in [6.07, 6.45) is 1.93. The Balaban J connectivity index is 2.53. The van der Waals surface area contributed by atoms with Crippen LogP contribution in [0, 0.1) is 6.92 Å². The van der Waals surface area contributed by atoms with Gasteiger partial charge in [0.15, 0.2) is 0 Å². The third-order valence-corrected chi connectivity index (χ3v) is 3.54. The number of aliphatic hydroxyl groups excluding tert-OH is 1. The van der Waals surface area contributed by atoms with E-state index in [0.717, 1.165) is 10.5 Å². The molecule has 0 fully saturated rings. The first-order chi connectivity index (χ1) is 9.08. The second kappa shape index (κ2) is 8.19. The number of rotatable bonds is 7. The lowest BCUT2D eigenvalue weighted by atomic mass is 10.1. The van der Waals surface area contributed by atoms with Gasteiger partial charge in [0.1, 0.15) is 0 Å². The lowest BCUT2D eigenvalue weighted by molar-refractivity contribution is 0.0587. The molecule has 1 amide bonds. The second-order valence-electron chi connectivity index (χ2n) is 4.33. The van der Waals surface area contributed by atoms with E-state index in [1.54, 1.807) is 18.9 Å². The van der Waals surface area contributed by atoms with Crippen LogP contribution in [0.15, 0.2) is 23.1 Å². The zero-order chi connectivity index (χ0) is 14.3. The van der Waals surface area contributed by atoms with Gasteiger partial charge in [-0.15, -0.1) is 11.8 Å². The molecule has 4 nitrogen and oxygen atoms in total. The number of carbonyl (C=O) groups excluding carboxylic acids is 1. The van der Waals surface area contributed by atoms with Crippen LogP contribution in [0.2, 0.25) is 0 Å². The van der Waals surface area contributed by atoms with Gasteiger partial charge in [-0.1, -0.05) is 6.07 Å². The van der Waals surface area contributed by atoms with Gasteiger partial charge >= 0.3 is 0 Å². The number of carbonyl (C=O) groups is 1. The quantitative estimate of drug-likeness (QED) is 0.750. The van der Waals surface area contributed by atoms with Crippen LogP contribution in [0.4, 0.5) is 0 Å². The Morgan fingerprint density at radius 3 is 2.89 bits per heavy atom. The molecule has 1 rings (SSSR count). The number of methoxy groups -OCH3 is 1. The fraction of sp³-hybridized carbons (Fsp3) is 0.500. The second-order valence-corrected chi connectivity index (χ2v) is 5.21. The molecular weight excluding hydrogens is 262 g/mol. The van der Waals surface area contributed by atoms with E-state index in [0.29, 0.717) is 18.5 Å². The SMILES string of the molecule is COCC(O)CCNC(=O)c1cc(SC)ccc1C. The normalized spacial score (nSPS) is 12.2. The molecule has 0 aliphatic carbocycles. The molecule has 5 heteroatoms. The monoisotopic (exact) mass is 283 g/mol. The predicted octanol–water partition coefficient (Wildman–Crippen LogP) is 1.84. The van der Waals surface area contributed by atoms with Gasteiger partial charge in [0.2, 0.25) is 0 Å². The molecule has 0 heterocycles. The highest BCUT2D eigenvalue weighted by Gasteiger charge is 2.10. The van der Waals surface area contributed by atoms with E-state index in [2.05, 4.69) is 5.32 Å². The molecule has 0 saturated carbocycles. The molecule has 0 saturated heterocycles. The highest BCUT2D eigenvalue weighted by Crippen LogP contribution is 2.18. The molecule has 1 unspecified atom stereocenters. The Bertz CT molecular complexity index is 423. The van der Waals surface area contributed by atoms with Gasteiger partial charge in [0.05, 0.1) is 12.7 Å². The molecule has 19 heavy (non-hydrogen) atoms. The first kappa shape index (κ1) is 16.0. The summed E-state index contributed by atoms with van der Waals surface area (Å²) in [6, 6.07) is 5.83. The number of aliphatic hydroxyl groups is 1. The van der Waals surface area contributed by atoms with Crippen LogP contribution in [0.5, 0.6) is 0 Å². The fourth-order valence-corrected chi connectivity index (χ4v) is 2.14. The molecule has 1 atom stereocenters. The maximum Gasteiger partial charge on any atom is 0.251 e.